The lowest BCUT2D eigenvalue weighted by atomic mass is 10.1. The zero-order chi connectivity index (χ0) is 16.0. The number of fused-ring (bicyclic) bond motifs is 3. The third-order valence-electron chi connectivity index (χ3n) is 3.69. The van der Waals surface area contributed by atoms with Gasteiger partial charge in [-0.1, -0.05) is 39.7 Å². The van der Waals surface area contributed by atoms with Crippen molar-refractivity contribution in [2.45, 2.75) is 5.33 Å². The molecule has 0 unspecified atom stereocenters. The molecule has 0 radical (unpaired) electrons. The van der Waals surface area contributed by atoms with Crippen LogP contribution in [0, 0.1) is 0 Å². The van der Waals surface area contributed by atoms with E-state index in [2.05, 4.69) is 21.0 Å². The van der Waals surface area contributed by atoms with Crippen LogP contribution >= 0.6 is 27.5 Å². The van der Waals surface area contributed by atoms with E-state index in [1.54, 1.807) is 24.3 Å². The van der Waals surface area contributed by atoms with E-state index in [4.69, 9.17) is 16.0 Å². The number of hydrogen-bond donors (Lipinski definition) is 0. The highest BCUT2D eigenvalue weighted by Crippen LogP contribution is 2.32. The van der Waals surface area contributed by atoms with Crippen LogP contribution < -0.4 is 5.56 Å². The van der Waals surface area contributed by atoms with Crippen LogP contribution in [0.25, 0.3) is 27.9 Å². The SMILES string of the molecule is O=c1c2c(CBr)oc3ccccc3c-2nn1-c1ccc(Cl)cc1. The Morgan fingerprint density at radius 1 is 1.13 bits per heavy atom. The van der Waals surface area contributed by atoms with Crippen LogP contribution in [0.15, 0.2) is 57.7 Å². The highest BCUT2D eigenvalue weighted by molar-refractivity contribution is 9.08. The summed E-state index contributed by atoms with van der Waals surface area (Å²) < 4.78 is 7.24. The fourth-order valence-corrected chi connectivity index (χ4v) is 3.15. The number of halogens is 2. The lowest BCUT2D eigenvalue weighted by molar-refractivity contribution is 0.564. The molecule has 2 aromatic rings. The average molecular weight is 390 g/mol. The number of benzene rings is 2. The van der Waals surface area contributed by atoms with E-state index < -0.39 is 0 Å². The molecule has 2 aromatic carbocycles. The quantitative estimate of drug-likeness (QED) is 0.470. The lowest BCUT2D eigenvalue weighted by Gasteiger charge is -2.05. The first kappa shape index (κ1) is 14.5. The topological polar surface area (TPSA) is 48.0 Å². The second kappa shape index (κ2) is 5.51. The molecule has 2 aliphatic rings. The van der Waals surface area contributed by atoms with Crippen molar-refractivity contribution >= 4 is 38.5 Å². The maximum Gasteiger partial charge on any atom is 0.284 e. The van der Waals surface area contributed by atoms with Crippen molar-refractivity contribution in [2.24, 2.45) is 0 Å². The van der Waals surface area contributed by atoms with Gasteiger partial charge in [0, 0.05) is 10.4 Å². The van der Waals surface area contributed by atoms with Crippen LogP contribution in [0.1, 0.15) is 5.76 Å². The van der Waals surface area contributed by atoms with E-state index in [0.717, 1.165) is 5.39 Å². The van der Waals surface area contributed by atoms with Gasteiger partial charge in [0.2, 0.25) is 0 Å². The first-order chi connectivity index (χ1) is 11.2. The average Bonchev–Trinajstić information content (AvgIpc) is 2.93. The van der Waals surface area contributed by atoms with Crippen molar-refractivity contribution < 1.29 is 4.42 Å². The molecule has 0 N–H and O–H groups in total. The number of hydrogen-bond acceptors (Lipinski definition) is 3. The molecule has 0 spiro atoms. The summed E-state index contributed by atoms with van der Waals surface area (Å²) in [5.41, 5.74) is 2.30. The van der Waals surface area contributed by atoms with Gasteiger partial charge in [0.1, 0.15) is 22.6 Å². The third-order valence-corrected chi connectivity index (χ3v) is 4.45. The summed E-state index contributed by atoms with van der Waals surface area (Å²) in [5.74, 6) is 0.573. The van der Waals surface area contributed by atoms with Crippen molar-refractivity contribution in [1.29, 1.82) is 0 Å². The number of rotatable bonds is 2. The standard InChI is InChI=1S/C17H10BrClN2O2/c18-9-14-15-16(12-3-1-2-4-13(12)23-14)20-21(17(15)22)11-7-5-10(19)6-8-11/h1-8H,9H2. The van der Waals surface area contributed by atoms with Gasteiger partial charge in [-0.3, -0.25) is 4.79 Å². The molecule has 4 rings (SSSR count). The molecule has 0 saturated carbocycles. The second-order valence-electron chi connectivity index (χ2n) is 5.07. The highest BCUT2D eigenvalue weighted by atomic mass is 79.9. The zero-order valence-corrected chi connectivity index (χ0v) is 14.1. The highest BCUT2D eigenvalue weighted by Gasteiger charge is 2.24. The predicted molar refractivity (Wildman–Crippen MR) is 93.9 cm³/mol. The molecule has 0 aromatic heterocycles. The van der Waals surface area contributed by atoms with Crippen molar-refractivity contribution in [3.63, 3.8) is 0 Å². The van der Waals surface area contributed by atoms with Crippen molar-refractivity contribution in [2.75, 3.05) is 0 Å². The second-order valence-corrected chi connectivity index (χ2v) is 6.07. The molecular formula is C17H10BrClN2O2. The van der Waals surface area contributed by atoms with Crippen LogP contribution in [0.3, 0.4) is 0 Å². The summed E-state index contributed by atoms with van der Waals surface area (Å²) in [6, 6.07) is 14.6. The molecule has 0 saturated heterocycles. The molecule has 2 aliphatic heterocycles. The monoisotopic (exact) mass is 388 g/mol. The Bertz CT molecular complexity index is 1040. The lowest BCUT2D eigenvalue weighted by Crippen LogP contribution is -2.15. The summed E-state index contributed by atoms with van der Waals surface area (Å²) >= 11 is 9.30. The Balaban J connectivity index is 2.10. The van der Waals surface area contributed by atoms with Gasteiger partial charge >= 0.3 is 0 Å². The van der Waals surface area contributed by atoms with E-state index in [1.807, 2.05) is 24.3 Å². The first-order valence-corrected chi connectivity index (χ1v) is 8.44. The van der Waals surface area contributed by atoms with E-state index in [1.165, 1.54) is 4.68 Å². The maximum atomic E-state index is 12.8. The van der Waals surface area contributed by atoms with E-state index in [9.17, 15) is 4.79 Å². The van der Waals surface area contributed by atoms with Gasteiger partial charge in [0.05, 0.1) is 11.0 Å². The summed E-state index contributed by atoms with van der Waals surface area (Å²) in [7, 11) is 0. The van der Waals surface area contributed by atoms with Gasteiger partial charge < -0.3 is 4.42 Å². The Kier molecular flexibility index (Phi) is 3.47. The molecule has 2 heterocycles. The number of alkyl halides is 1. The van der Waals surface area contributed by atoms with Crippen LogP contribution in [0.4, 0.5) is 0 Å². The molecule has 0 amide bonds. The third kappa shape index (κ3) is 2.28. The van der Waals surface area contributed by atoms with E-state index >= 15 is 0 Å². The molecule has 0 fully saturated rings. The molecule has 0 bridgehead atoms. The van der Waals surface area contributed by atoms with Crippen LogP contribution in [-0.4, -0.2) is 9.78 Å². The zero-order valence-electron chi connectivity index (χ0n) is 11.8. The van der Waals surface area contributed by atoms with Crippen LogP contribution in [0.2, 0.25) is 5.02 Å². The normalized spacial score (nSPS) is 11.4. The number of aromatic nitrogens is 2. The van der Waals surface area contributed by atoms with E-state index in [0.29, 0.717) is 38.6 Å². The summed E-state index contributed by atoms with van der Waals surface area (Å²) in [4.78, 5) is 12.8. The van der Waals surface area contributed by atoms with E-state index in [-0.39, 0.29) is 5.56 Å². The van der Waals surface area contributed by atoms with Crippen LogP contribution in [0.5, 0.6) is 0 Å². The molecule has 4 nitrogen and oxygen atoms in total. The predicted octanol–water partition coefficient (Wildman–Crippen LogP) is 4.63. The first-order valence-electron chi connectivity index (χ1n) is 6.94. The van der Waals surface area contributed by atoms with Crippen molar-refractivity contribution in [3.05, 3.63) is 69.7 Å². The Hall–Kier alpha value is -2.11. The van der Waals surface area contributed by atoms with Gasteiger partial charge in [-0.05, 0) is 36.4 Å². The van der Waals surface area contributed by atoms with Crippen molar-refractivity contribution in [1.82, 2.24) is 9.78 Å². The fourth-order valence-electron chi connectivity index (χ4n) is 2.63. The molecule has 6 heteroatoms. The fraction of sp³-hybridized carbons (Fsp3) is 0.0588. The van der Waals surface area contributed by atoms with Gasteiger partial charge in [0.15, 0.2) is 0 Å². The minimum absolute atomic E-state index is 0.203. The summed E-state index contributed by atoms with van der Waals surface area (Å²) in [6.07, 6.45) is 0. The summed E-state index contributed by atoms with van der Waals surface area (Å²) in [6.45, 7) is 0. The molecule has 0 aliphatic carbocycles. The Morgan fingerprint density at radius 3 is 2.61 bits per heavy atom. The molecule has 0 atom stereocenters. The van der Waals surface area contributed by atoms with Crippen LogP contribution in [-0.2, 0) is 5.33 Å². The molecule has 114 valence electrons. The Labute approximate surface area is 144 Å². The minimum atomic E-state index is -0.203. The largest absolute Gasteiger partial charge is 0.459 e. The maximum absolute atomic E-state index is 12.8. The minimum Gasteiger partial charge on any atom is -0.459 e. The smallest absolute Gasteiger partial charge is 0.284 e. The van der Waals surface area contributed by atoms with Gasteiger partial charge in [-0.25, -0.2) is 0 Å². The number of para-hydroxylation sites is 1. The van der Waals surface area contributed by atoms with Gasteiger partial charge in [-0.2, -0.15) is 9.78 Å². The Morgan fingerprint density at radius 2 is 1.87 bits per heavy atom. The van der Waals surface area contributed by atoms with Gasteiger partial charge in [0.25, 0.3) is 5.56 Å². The van der Waals surface area contributed by atoms with Gasteiger partial charge in [-0.15, -0.1) is 0 Å². The number of nitrogens with zero attached hydrogens (tertiary/aromatic N) is 2. The van der Waals surface area contributed by atoms with Crippen molar-refractivity contribution in [3.8, 4) is 16.9 Å². The molecule has 23 heavy (non-hydrogen) atoms. The molecular weight excluding hydrogens is 380 g/mol. The summed E-state index contributed by atoms with van der Waals surface area (Å²) in [5, 5.41) is 6.40.